The summed E-state index contributed by atoms with van der Waals surface area (Å²) in [6.45, 7) is 2.97. The average Bonchev–Trinajstić information content (AvgIpc) is 2.35. The average molecular weight is 137 g/mol. The summed E-state index contributed by atoms with van der Waals surface area (Å²) in [5.41, 5.74) is 8.19. The summed E-state index contributed by atoms with van der Waals surface area (Å²) in [5.74, 6) is 0. The van der Waals surface area contributed by atoms with Gasteiger partial charge < -0.3 is 10.3 Å². The standard InChI is InChI=1S/C7H11N3/c1-5-7-2-6(8)3-10(7)4-9-5/h4,6H,2-3,8H2,1H3. The molecule has 0 aliphatic carbocycles. The maximum absolute atomic E-state index is 5.75. The van der Waals surface area contributed by atoms with Gasteiger partial charge in [0.05, 0.1) is 12.0 Å². The molecular formula is C7H11N3. The smallest absolute Gasteiger partial charge is 0.0952 e. The summed E-state index contributed by atoms with van der Waals surface area (Å²) in [7, 11) is 0. The molecule has 54 valence electrons. The predicted octanol–water partition coefficient (Wildman–Crippen LogP) is 0.0749. The fourth-order valence-corrected chi connectivity index (χ4v) is 1.50. The first-order chi connectivity index (χ1) is 4.77. The van der Waals surface area contributed by atoms with Crippen molar-refractivity contribution in [2.75, 3.05) is 0 Å². The highest BCUT2D eigenvalue weighted by Gasteiger charge is 2.19. The SMILES string of the molecule is Cc1ncn2c1CC(N)C2. The van der Waals surface area contributed by atoms with Crippen LogP contribution in [0.2, 0.25) is 0 Å². The minimum Gasteiger partial charge on any atom is -0.333 e. The molecule has 2 N–H and O–H groups in total. The van der Waals surface area contributed by atoms with E-state index in [2.05, 4.69) is 9.55 Å². The van der Waals surface area contributed by atoms with Crippen molar-refractivity contribution in [2.24, 2.45) is 5.73 Å². The van der Waals surface area contributed by atoms with Crippen LogP contribution in [-0.2, 0) is 13.0 Å². The normalized spacial score (nSPS) is 23.2. The number of aryl methyl sites for hydroxylation is 1. The third kappa shape index (κ3) is 0.671. The summed E-state index contributed by atoms with van der Waals surface area (Å²) in [5, 5.41) is 0. The fourth-order valence-electron chi connectivity index (χ4n) is 1.50. The van der Waals surface area contributed by atoms with Crippen LogP contribution in [0.5, 0.6) is 0 Å². The fraction of sp³-hybridized carbons (Fsp3) is 0.571. The summed E-state index contributed by atoms with van der Waals surface area (Å²) < 4.78 is 2.14. The highest BCUT2D eigenvalue weighted by Crippen LogP contribution is 2.15. The molecule has 1 unspecified atom stereocenters. The van der Waals surface area contributed by atoms with Gasteiger partial charge >= 0.3 is 0 Å². The van der Waals surface area contributed by atoms with Crippen molar-refractivity contribution in [3.05, 3.63) is 17.7 Å². The lowest BCUT2D eigenvalue weighted by atomic mass is 10.2. The molecule has 0 amide bonds. The molecule has 1 aromatic heterocycles. The van der Waals surface area contributed by atoms with Crippen molar-refractivity contribution < 1.29 is 0 Å². The molecule has 0 radical (unpaired) electrons. The van der Waals surface area contributed by atoms with Crippen molar-refractivity contribution in [1.29, 1.82) is 0 Å². The highest BCUT2D eigenvalue weighted by atomic mass is 15.1. The van der Waals surface area contributed by atoms with Gasteiger partial charge in [-0.3, -0.25) is 0 Å². The number of rotatable bonds is 0. The Balaban J connectivity index is 2.44. The second-order valence-corrected chi connectivity index (χ2v) is 2.89. The van der Waals surface area contributed by atoms with Crippen LogP contribution in [0.15, 0.2) is 6.33 Å². The van der Waals surface area contributed by atoms with Crippen LogP contribution in [0, 0.1) is 6.92 Å². The van der Waals surface area contributed by atoms with Crippen LogP contribution in [0.4, 0.5) is 0 Å². The maximum Gasteiger partial charge on any atom is 0.0952 e. The minimum absolute atomic E-state index is 0.316. The highest BCUT2D eigenvalue weighted by molar-refractivity contribution is 5.16. The first-order valence-electron chi connectivity index (χ1n) is 3.53. The lowest BCUT2D eigenvalue weighted by molar-refractivity contribution is 0.636. The van der Waals surface area contributed by atoms with Crippen molar-refractivity contribution in [3.63, 3.8) is 0 Å². The van der Waals surface area contributed by atoms with Crippen LogP contribution in [0.3, 0.4) is 0 Å². The third-order valence-electron chi connectivity index (χ3n) is 2.04. The van der Waals surface area contributed by atoms with E-state index in [4.69, 9.17) is 5.73 Å². The lowest BCUT2D eigenvalue weighted by Crippen LogP contribution is -2.20. The first kappa shape index (κ1) is 5.92. The summed E-state index contributed by atoms with van der Waals surface area (Å²) in [6, 6.07) is 0.316. The zero-order chi connectivity index (χ0) is 7.14. The Morgan fingerprint density at radius 2 is 2.60 bits per heavy atom. The van der Waals surface area contributed by atoms with Crippen molar-refractivity contribution in [2.45, 2.75) is 25.9 Å². The molecule has 3 nitrogen and oxygen atoms in total. The van der Waals surface area contributed by atoms with Gasteiger partial charge in [-0.15, -0.1) is 0 Å². The Morgan fingerprint density at radius 1 is 1.80 bits per heavy atom. The Kier molecular flexibility index (Phi) is 1.08. The van der Waals surface area contributed by atoms with Crippen LogP contribution < -0.4 is 5.73 Å². The molecule has 0 bridgehead atoms. The quantitative estimate of drug-likeness (QED) is 0.550. The van der Waals surface area contributed by atoms with Crippen LogP contribution >= 0.6 is 0 Å². The van der Waals surface area contributed by atoms with E-state index in [0.717, 1.165) is 18.7 Å². The molecule has 1 atom stereocenters. The second kappa shape index (κ2) is 1.83. The first-order valence-corrected chi connectivity index (χ1v) is 3.53. The lowest BCUT2D eigenvalue weighted by Gasteiger charge is -1.96. The van der Waals surface area contributed by atoms with Gasteiger partial charge in [0.1, 0.15) is 0 Å². The zero-order valence-electron chi connectivity index (χ0n) is 6.04. The van der Waals surface area contributed by atoms with Gasteiger partial charge in [-0.05, 0) is 6.92 Å². The molecule has 10 heavy (non-hydrogen) atoms. The van der Waals surface area contributed by atoms with E-state index in [-0.39, 0.29) is 0 Å². The third-order valence-corrected chi connectivity index (χ3v) is 2.04. The zero-order valence-corrected chi connectivity index (χ0v) is 6.04. The van der Waals surface area contributed by atoms with Crippen molar-refractivity contribution in [1.82, 2.24) is 9.55 Å². The number of imidazole rings is 1. The van der Waals surface area contributed by atoms with E-state index >= 15 is 0 Å². The number of hydrogen-bond acceptors (Lipinski definition) is 2. The van der Waals surface area contributed by atoms with Gasteiger partial charge in [-0.25, -0.2) is 4.98 Å². The number of fused-ring (bicyclic) bond motifs is 1. The van der Waals surface area contributed by atoms with E-state index in [9.17, 15) is 0 Å². The van der Waals surface area contributed by atoms with Gasteiger partial charge in [0, 0.05) is 24.7 Å². The molecule has 0 saturated carbocycles. The molecule has 0 fully saturated rings. The Hall–Kier alpha value is -0.830. The van der Waals surface area contributed by atoms with Crippen molar-refractivity contribution >= 4 is 0 Å². The van der Waals surface area contributed by atoms with Gasteiger partial charge in [0.2, 0.25) is 0 Å². The molecule has 1 aromatic rings. The topological polar surface area (TPSA) is 43.8 Å². The molecule has 1 aliphatic heterocycles. The van der Waals surface area contributed by atoms with E-state index in [0.29, 0.717) is 6.04 Å². The molecule has 0 aromatic carbocycles. The van der Waals surface area contributed by atoms with E-state index in [1.54, 1.807) is 0 Å². The second-order valence-electron chi connectivity index (χ2n) is 2.89. The van der Waals surface area contributed by atoms with Gasteiger partial charge in [-0.1, -0.05) is 0 Å². The van der Waals surface area contributed by atoms with Gasteiger partial charge in [-0.2, -0.15) is 0 Å². The number of nitrogens with zero attached hydrogens (tertiary/aromatic N) is 2. The van der Waals surface area contributed by atoms with Crippen LogP contribution in [-0.4, -0.2) is 15.6 Å². The summed E-state index contributed by atoms with van der Waals surface area (Å²) >= 11 is 0. The molecule has 2 heterocycles. The molecular weight excluding hydrogens is 126 g/mol. The molecule has 0 spiro atoms. The molecule has 3 heteroatoms. The number of aromatic nitrogens is 2. The van der Waals surface area contributed by atoms with E-state index < -0.39 is 0 Å². The molecule has 1 aliphatic rings. The molecule has 2 rings (SSSR count). The largest absolute Gasteiger partial charge is 0.333 e. The summed E-state index contributed by atoms with van der Waals surface area (Å²) in [4.78, 5) is 4.18. The van der Waals surface area contributed by atoms with Crippen LogP contribution in [0.25, 0.3) is 0 Å². The number of hydrogen-bond donors (Lipinski definition) is 1. The van der Waals surface area contributed by atoms with E-state index in [1.165, 1.54) is 5.69 Å². The Morgan fingerprint density at radius 3 is 3.30 bits per heavy atom. The monoisotopic (exact) mass is 137 g/mol. The van der Waals surface area contributed by atoms with Gasteiger partial charge in [0.25, 0.3) is 0 Å². The predicted molar refractivity (Wildman–Crippen MR) is 38.6 cm³/mol. The molecule has 0 saturated heterocycles. The van der Waals surface area contributed by atoms with E-state index in [1.807, 2.05) is 13.3 Å². The van der Waals surface area contributed by atoms with Crippen LogP contribution in [0.1, 0.15) is 11.4 Å². The van der Waals surface area contributed by atoms with Crippen molar-refractivity contribution in [3.8, 4) is 0 Å². The minimum atomic E-state index is 0.316. The number of nitrogens with two attached hydrogens (primary N) is 1. The van der Waals surface area contributed by atoms with Gasteiger partial charge in [0.15, 0.2) is 0 Å². The Bertz CT molecular complexity index is 251. The summed E-state index contributed by atoms with van der Waals surface area (Å²) in [6.07, 6.45) is 2.86. The maximum atomic E-state index is 5.75. The Labute approximate surface area is 59.9 Å².